The normalized spacial score (nSPS) is 25.3. The molecule has 3 atom stereocenters. The van der Waals surface area contributed by atoms with Crippen LogP contribution in [0.2, 0.25) is 0 Å². The average Bonchev–Trinajstić information content (AvgIpc) is 3.19. The number of fused-ring (bicyclic) bond motifs is 1. The molecule has 1 aliphatic heterocycles. The van der Waals surface area contributed by atoms with Gasteiger partial charge >= 0.3 is 0 Å². The van der Waals surface area contributed by atoms with E-state index in [2.05, 4.69) is 35.2 Å². The molecule has 1 saturated heterocycles. The number of benzene rings is 2. The molecule has 0 aromatic heterocycles. The second-order valence-electron chi connectivity index (χ2n) is 8.05. The fraction of sp³-hybridized carbons (Fsp3) is 0.435. The number of Topliss-reactive ketones (excluding diaryl/α,β-unsaturated/α-hetero) is 1. The van der Waals surface area contributed by atoms with Crippen LogP contribution in [0.5, 0.6) is 5.75 Å². The summed E-state index contributed by atoms with van der Waals surface area (Å²) in [7, 11) is 0. The van der Waals surface area contributed by atoms with Crippen molar-refractivity contribution in [3.8, 4) is 5.75 Å². The number of carbonyl (C=O) groups is 1. The third-order valence-electron chi connectivity index (χ3n) is 6.16. The van der Waals surface area contributed by atoms with E-state index in [0.29, 0.717) is 12.1 Å². The minimum atomic E-state index is 0.158. The minimum absolute atomic E-state index is 0.158. The van der Waals surface area contributed by atoms with Crippen molar-refractivity contribution in [2.45, 2.75) is 25.7 Å². The Labute approximate surface area is 155 Å². The molecule has 2 aromatic rings. The fourth-order valence-electron chi connectivity index (χ4n) is 4.84. The number of likely N-dealkylation sites (tertiary alicyclic amines) is 1. The molecule has 1 heterocycles. The Morgan fingerprint density at radius 1 is 0.962 bits per heavy atom. The molecule has 1 aliphatic carbocycles. The van der Waals surface area contributed by atoms with Gasteiger partial charge in [0.05, 0.1) is 6.54 Å². The lowest BCUT2D eigenvalue weighted by atomic mass is 9.96. The van der Waals surface area contributed by atoms with Gasteiger partial charge in [-0.15, -0.1) is 0 Å². The number of carbonyl (C=O) groups excluding carboxylic acids is 1. The maximum absolute atomic E-state index is 12.4. The van der Waals surface area contributed by atoms with E-state index in [9.17, 15) is 9.90 Å². The highest BCUT2D eigenvalue weighted by atomic mass is 16.3. The second-order valence-corrected chi connectivity index (χ2v) is 8.05. The van der Waals surface area contributed by atoms with Crippen molar-refractivity contribution in [3.05, 3.63) is 65.7 Å². The first kappa shape index (κ1) is 17.3. The summed E-state index contributed by atoms with van der Waals surface area (Å²) < 4.78 is 0. The van der Waals surface area contributed by atoms with Crippen molar-refractivity contribution in [1.29, 1.82) is 0 Å². The van der Waals surface area contributed by atoms with Gasteiger partial charge < -0.3 is 5.11 Å². The smallest absolute Gasteiger partial charge is 0.176 e. The topological polar surface area (TPSA) is 40.5 Å². The number of hydrogen-bond donors (Lipinski definition) is 1. The SMILES string of the molecule is O=C(CN1C[C@H]2C[C@@H](CCc3ccccc3)C[C@H]2C1)c1ccc(O)cc1. The molecular weight excluding hydrogens is 322 g/mol. The number of phenolic OH excluding ortho intramolecular Hbond substituents is 1. The van der Waals surface area contributed by atoms with E-state index in [4.69, 9.17) is 0 Å². The molecule has 0 radical (unpaired) electrons. The number of phenols is 1. The zero-order valence-corrected chi connectivity index (χ0v) is 15.2. The second kappa shape index (κ2) is 7.63. The summed E-state index contributed by atoms with van der Waals surface area (Å²) in [4.78, 5) is 14.8. The number of nitrogens with zero attached hydrogens (tertiary/aromatic N) is 1. The highest BCUT2D eigenvalue weighted by molar-refractivity contribution is 5.97. The molecule has 1 N–H and O–H groups in total. The van der Waals surface area contributed by atoms with Crippen LogP contribution in [0.15, 0.2) is 54.6 Å². The summed E-state index contributed by atoms with van der Waals surface area (Å²) in [6.45, 7) is 2.64. The molecule has 0 bridgehead atoms. The molecule has 4 rings (SSSR count). The number of aryl methyl sites for hydroxylation is 1. The zero-order chi connectivity index (χ0) is 17.9. The molecule has 136 valence electrons. The monoisotopic (exact) mass is 349 g/mol. The lowest BCUT2D eigenvalue weighted by Gasteiger charge is -2.18. The molecule has 26 heavy (non-hydrogen) atoms. The van der Waals surface area contributed by atoms with Gasteiger partial charge in [0.2, 0.25) is 0 Å². The van der Waals surface area contributed by atoms with Crippen LogP contribution in [-0.4, -0.2) is 35.4 Å². The van der Waals surface area contributed by atoms with E-state index in [1.165, 1.54) is 31.2 Å². The standard InChI is InChI=1S/C23H27NO2/c25-22-10-8-19(9-11-22)23(26)16-24-14-20-12-18(13-21(20)15-24)7-6-17-4-2-1-3-5-17/h1-5,8-11,18,20-21,25H,6-7,12-16H2/t18-,20-,21+. The first-order valence-corrected chi connectivity index (χ1v) is 9.76. The van der Waals surface area contributed by atoms with Crippen LogP contribution < -0.4 is 0 Å². The Kier molecular flexibility index (Phi) is 5.07. The molecule has 0 unspecified atom stereocenters. The Morgan fingerprint density at radius 3 is 2.27 bits per heavy atom. The van der Waals surface area contributed by atoms with Crippen molar-refractivity contribution >= 4 is 5.78 Å². The number of hydrogen-bond acceptors (Lipinski definition) is 3. The van der Waals surface area contributed by atoms with Gasteiger partial charge in [0.15, 0.2) is 5.78 Å². The summed E-state index contributed by atoms with van der Waals surface area (Å²) in [6, 6.07) is 17.4. The van der Waals surface area contributed by atoms with Crippen molar-refractivity contribution < 1.29 is 9.90 Å². The van der Waals surface area contributed by atoms with Crippen LogP contribution >= 0.6 is 0 Å². The lowest BCUT2D eigenvalue weighted by molar-refractivity contribution is 0.0939. The van der Waals surface area contributed by atoms with Crippen LogP contribution in [-0.2, 0) is 6.42 Å². The first-order chi connectivity index (χ1) is 12.7. The van der Waals surface area contributed by atoms with Crippen LogP contribution in [0, 0.1) is 17.8 Å². The van der Waals surface area contributed by atoms with Gasteiger partial charge in [-0.05, 0) is 73.3 Å². The minimum Gasteiger partial charge on any atom is -0.508 e. The molecule has 1 saturated carbocycles. The Balaban J connectivity index is 1.24. The van der Waals surface area contributed by atoms with Crippen LogP contribution in [0.3, 0.4) is 0 Å². The summed E-state index contributed by atoms with van der Waals surface area (Å²) in [6.07, 6.45) is 5.13. The molecule has 0 spiro atoms. The predicted octanol–water partition coefficient (Wildman–Crippen LogP) is 4.17. The highest BCUT2D eigenvalue weighted by Crippen LogP contribution is 2.43. The Morgan fingerprint density at radius 2 is 1.62 bits per heavy atom. The molecular formula is C23H27NO2. The third-order valence-corrected chi connectivity index (χ3v) is 6.16. The van der Waals surface area contributed by atoms with E-state index < -0.39 is 0 Å². The summed E-state index contributed by atoms with van der Waals surface area (Å²) in [5, 5.41) is 9.35. The van der Waals surface area contributed by atoms with E-state index in [-0.39, 0.29) is 11.5 Å². The predicted molar refractivity (Wildman–Crippen MR) is 103 cm³/mol. The van der Waals surface area contributed by atoms with Crippen LogP contribution in [0.25, 0.3) is 0 Å². The van der Waals surface area contributed by atoms with Gasteiger partial charge in [-0.3, -0.25) is 9.69 Å². The highest BCUT2D eigenvalue weighted by Gasteiger charge is 2.40. The first-order valence-electron chi connectivity index (χ1n) is 9.76. The fourth-order valence-corrected chi connectivity index (χ4v) is 4.84. The van der Waals surface area contributed by atoms with Gasteiger partial charge in [0.25, 0.3) is 0 Å². The van der Waals surface area contributed by atoms with Crippen molar-refractivity contribution in [1.82, 2.24) is 4.90 Å². The number of ketones is 1. The third kappa shape index (κ3) is 3.99. The van der Waals surface area contributed by atoms with Crippen molar-refractivity contribution in [3.63, 3.8) is 0 Å². The van der Waals surface area contributed by atoms with Gasteiger partial charge in [0, 0.05) is 18.7 Å². The zero-order valence-electron chi connectivity index (χ0n) is 15.2. The molecule has 2 aliphatic rings. The number of rotatable bonds is 6. The van der Waals surface area contributed by atoms with E-state index in [1.54, 1.807) is 24.3 Å². The van der Waals surface area contributed by atoms with Crippen molar-refractivity contribution in [2.75, 3.05) is 19.6 Å². The van der Waals surface area contributed by atoms with Gasteiger partial charge in [-0.2, -0.15) is 0 Å². The Bertz CT molecular complexity index is 727. The lowest BCUT2D eigenvalue weighted by Crippen LogP contribution is -2.29. The van der Waals surface area contributed by atoms with Gasteiger partial charge in [0.1, 0.15) is 5.75 Å². The van der Waals surface area contributed by atoms with E-state index in [1.807, 2.05) is 0 Å². The summed E-state index contributed by atoms with van der Waals surface area (Å²) >= 11 is 0. The summed E-state index contributed by atoms with van der Waals surface area (Å²) in [5.74, 6) is 2.75. The Hall–Kier alpha value is -2.13. The average molecular weight is 349 g/mol. The van der Waals surface area contributed by atoms with Gasteiger partial charge in [-0.25, -0.2) is 0 Å². The number of aromatic hydroxyl groups is 1. The van der Waals surface area contributed by atoms with Crippen molar-refractivity contribution in [2.24, 2.45) is 17.8 Å². The molecule has 0 amide bonds. The van der Waals surface area contributed by atoms with E-state index in [0.717, 1.165) is 30.8 Å². The van der Waals surface area contributed by atoms with Gasteiger partial charge in [-0.1, -0.05) is 30.3 Å². The quantitative estimate of drug-likeness (QED) is 0.796. The molecule has 3 nitrogen and oxygen atoms in total. The van der Waals surface area contributed by atoms with Crippen LogP contribution in [0.1, 0.15) is 35.2 Å². The molecule has 2 fully saturated rings. The summed E-state index contributed by atoms with van der Waals surface area (Å²) in [5.41, 5.74) is 2.14. The largest absolute Gasteiger partial charge is 0.508 e. The molecule has 3 heteroatoms. The maximum atomic E-state index is 12.4. The van der Waals surface area contributed by atoms with Crippen LogP contribution in [0.4, 0.5) is 0 Å². The maximum Gasteiger partial charge on any atom is 0.176 e. The van der Waals surface area contributed by atoms with E-state index >= 15 is 0 Å². The molecule has 2 aromatic carbocycles.